The Balaban J connectivity index is 1.60. The van der Waals surface area contributed by atoms with Crippen LogP contribution in [0.15, 0.2) is 18.2 Å². The van der Waals surface area contributed by atoms with Gasteiger partial charge in [0.1, 0.15) is 17.9 Å². The average Bonchev–Trinajstić information content (AvgIpc) is 2.63. The van der Waals surface area contributed by atoms with Crippen LogP contribution in [0.3, 0.4) is 0 Å². The van der Waals surface area contributed by atoms with E-state index in [9.17, 15) is 14.0 Å². The predicted molar refractivity (Wildman–Crippen MR) is 102 cm³/mol. The normalized spacial score (nSPS) is 26.0. The molecule has 0 spiro atoms. The highest BCUT2D eigenvalue weighted by atomic mass is 35.5. The second-order valence-corrected chi connectivity index (χ2v) is 8.15. The fourth-order valence-electron chi connectivity index (χ4n) is 3.99. The molecule has 2 fully saturated rings. The zero-order chi connectivity index (χ0) is 19.6. The zero-order valence-electron chi connectivity index (χ0n) is 15.8. The summed E-state index contributed by atoms with van der Waals surface area (Å²) in [6.07, 6.45) is 1.50. The van der Waals surface area contributed by atoms with Gasteiger partial charge in [-0.2, -0.15) is 0 Å². The zero-order valence-corrected chi connectivity index (χ0v) is 16.5. The fraction of sp³-hybridized carbons (Fsp3) is 0.579. The third-order valence-corrected chi connectivity index (χ3v) is 5.50. The number of carbonyl (C=O) groups excluding carboxylic acids is 2. The fourth-order valence-corrected chi connectivity index (χ4v) is 4.11. The molecule has 148 valence electrons. The van der Waals surface area contributed by atoms with E-state index in [4.69, 9.17) is 11.6 Å². The first kappa shape index (κ1) is 19.9. The van der Waals surface area contributed by atoms with E-state index in [1.807, 2.05) is 4.90 Å². The molecule has 3 atom stereocenters. The molecule has 3 rings (SSSR count). The second kappa shape index (κ2) is 8.44. The van der Waals surface area contributed by atoms with Crippen LogP contribution in [0.5, 0.6) is 0 Å². The van der Waals surface area contributed by atoms with Gasteiger partial charge in [-0.1, -0.05) is 11.6 Å². The number of rotatable bonds is 2. The number of piperidine rings is 1. The third kappa shape index (κ3) is 4.90. The Labute approximate surface area is 164 Å². The first-order valence-electron chi connectivity index (χ1n) is 9.48. The lowest BCUT2D eigenvalue weighted by Crippen LogP contribution is -2.99. The smallest absolute Gasteiger partial charge is 0.320 e. The minimum Gasteiger partial charge on any atom is -0.339 e. The molecule has 0 bridgehead atoms. The van der Waals surface area contributed by atoms with Gasteiger partial charge in [0.15, 0.2) is 0 Å². The number of piperazine rings is 1. The van der Waals surface area contributed by atoms with Gasteiger partial charge in [-0.25, -0.2) is 9.18 Å². The number of halogens is 2. The predicted octanol–water partition coefficient (Wildman–Crippen LogP) is 1.91. The van der Waals surface area contributed by atoms with Gasteiger partial charge in [0.05, 0.1) is 24.0 Å². The summed E-state index contributed by atoms with van der Waals surface area (Å²) in [5, 5.41) is 5.04. The molecular weight excluding hydrogens is 371 g/mol. The van der Waals surface area contributed by atoms with Gasteiger partial charge in [0, 0.05) is 18.8 Å². The minimum absolute atomic E-state index is 0.0110. The first-order valence-corrected chi connectivity index (χ1v) is 9.86. The van der Waals surface area contributed by atoms with Gasteiger partial charge in [-0.3, -0.25) is 4.79 Å². The summed E-state index contributed by atoms with van der Waals surface area (Å²) in [6.45, 7) is 6.74. The van der Waals surface area contributed by atoms with Crippen molar-refractivity contribution in [3.63, 3.8) is 0 Å². The van der Waals surface area contributed by atoms with Crippen molar-refractivity contribution in [2.24, 2.45) is 5.92 Å². The lowest BCUT2D eigenvalue weighted by atomic mass is 9.97. The number of hydrogen-bond donors (Lipinski definition) is 2. The lowest BCUT2D eigenvalue weighted by molar-refractivity contribution is -0.723. The van der Waals surface area contributed by atoms with E-state index in [2.05, 4.69) is 24.5 Å². The topological polar surface area (TPSA) is 69.3 Å². The number of quaternary nitrogens is 1. The summed E-state index contributed by atoms with van der Waals surface area (Å²) in [5.41, 5.74) is 0.375. The van der Waals surface area contributed by atoms with Gasteiger partial charge in [-0.15, -0.1) is 0 Å². The van der Waals surface area contributed by atoms with Crippen LogP contribution in [-0.4, -0.2) is 60.0 Å². The van der Waals surface area contributed by atoms with Crippen LogP contribution < -0.4 is 10.6 Å². The molecular formula is C19H27ClFN4O2+. The summed E-state index contributed by atoms with van der Waals surface area (Å²) in [4.78, 5) is 29.2. The van der Waals surface area contributed by atoms with E-state index >= 15 is 0 Å². The van der Waals surface area contributed by atoms with Crippen molar-refractivity contribution >= 4 is 29.2 Å². The second-order valence-electron chi connectivity index (χ2n) is 7.74. The largest absolute Gasteiger partial charge is 0.339 e. The number of amides is 3. The molecule has 6 nitrogen and oxygen atoms in total. The molecule has 2 aliphatic rings. The van der Waals surface area contributed by atoms with E-state index in [1.165, 1.54) is 12.1 Å². The number of nitrogens with two attached hydrogens (primary N) is 1. The van der Waals surface area contributed by atoms with E-state index in [0.717, 1.165) is 19.5 Å². The van der Waals surface area contributed by atoms with Gasteiger partial charge in [0.25, 0.3) is 0 Å². The number of likely N-dealkylation sites (tertiary alicyclic amines) is 1. The van der Waals surface area contributed by atoms with Crippen molar-refractivity contribution in [1.82, 2.24) is 9.80 Å². The highest BCUT2D eigenvalue weighted by molar-refractivity contribution is 6.30. The van der Waals surface area contributed by atoms with Crippen LogP contribution in [0.4, 0.5) is 14.9 Å². The van der Waals surface area contributed by atoms with Crippen LogP contribution in [0.25, 0.3) is 0 Å². The van der Waals surface area contributed by atoms with Gasteiger partial charge in [-0.05, 0) is 44.9 Å². The molecule has 2 aliphatic heterocycles. The molecule has 3 amide bonds. The van der Waals surface area contributed by atoms with Crippen LogP contribution in [-0.2, 0) is 4.79 Å². The summed E-state index contributed by atoms with van der Waals surface area (Å²) in [6, 6.07) is 4.96. The monoisotopic (exact) mass is 397 g/mol. The Bertz CT molecular complexity index is 707. The molecule has 27 heavy (non-hydrogen) atoms. The van der Waals surface area contributed by atoms with Crippen molar-refractivity contribution in [2.75, 3.05) is 31.5 Å². The molecule has 0 saturated carbocycles. The summed E-state index contributed by atoms with van der Waals surface area (Å²) >= 11 is 5.68. The van der Waals surface area contributed by atoms with E-state index in [0.29, 0.717) is 37.3 Å². The molecule has 0 radical (unpaired) electrons. The number of carbonyl (C=O) groups is 2. The number of nitrogens with one attached hydrogen (secondary N) is 1. The Morgan fingerprint density at radius 1 is 1.19 bits per heavy atom. The summed E-state index contributed by atoms with van der Waals surface area (Å²) < 4.78 is 13.6. The summed E-state index contributed by atoms with van der Waals surface area (Å²) in [5.74, 6) is -1.06. The molecule has 2 heterocycles. The van der Waals surface area contributed by atoms with Crippen LogP contribution in [0.1, 0.15) is 26.7 Å². The van der Waals surface area contributed by atoms with Crippen molar-refractivity contribution in [3.05, 3.63) is 29.0 Å². The van der Waals surface area contributed by atoms with Crippen LogP contribution in [0, 0.1) is 11.7 Å². The highest BCUT2D eigenvalue weighted by Crippen LogP contribution is 2.22. The summed E-state index contributed by atoms with van der Waals surface area (Å²) in [7, 11) is 0. The maximum atomic E-state index is 13.6. The molecule has 8 heteroatoms. The number of urea groups is 1. The van der Waals surface area contributed by atoms with Gasteiger partial charge in [0.2, 0.25) is 5.91 Å². The van der Waals surface area contributed by atoms with Crippen LogP contribution >= 0.6 is 11.6 Å². The number of nitrogens with zero attached hydrogens (tertiary/aromatic N) is 2. The Morgan fingerprint density at radius 2 is 1.89 bits per heavy atom. The minimum atomic E-state index is -0.569. The van der Waals surface area contributed by atoms with Crippen molar-refractivity contribution in [2.45, 2.75) is 38.8 Å². The quantitative estimate of drug-likeness (QED) is 0.800. The highest BCUT2D eigenvalue weighted by Gasteiger charge is 2.34. The van der Waals surface area contributed by atoms with Crippen molar-refractivity contribution < 1.29 is 19.3 Å². The maximum absolute atomic E-state index is 13.6. The Morgan fingerprint density at radius 3 is 2.56 bits per heavy atom. The SMILES string of the molecule is C[C@@H]1CN(C(=O)N2CCC[C@H](C(=O)Nc3ccc(Cl)c(F)c3)C2)C[C@H](C)[NH2+]1. The maximum Gasteiger partial charge on any atom is 0.320 e. The van der Waals surface area contributed by atoms with Crippen molar-refractivity contribution in [1.29, 1.82) is 0 Å². The lowest BCUT2D eigenvalue weighted by Gasteiger charge is -2.39. The molecule has 2 saturated heterocycles. The number of anilines is 1. The van der Waals surface area contributed by atoms with Crippen LogP contribution in [0.2, 0.25) is 5.02 Å². The molecule has 1 aromatic carbocycles. The first-order chi connectivity index (χ1) is 12.8. The molecule has 0 aromatic heterocycles. The molecule has 0 unspecified atom stereocenters. The average molecular weight is 398 g/mol. The standard InChI is InChI=1S/C19H26ClFN4O2/c1-12-9-25(10-13(2)22-12)19(27)24-7-3-4-14(11-24)18(26)23-15-5-6-16(20)17(21)8-15/h5-6,8,12-14,22H,3-4,7,9-11H2,1-2H3,(H,23,26)/p+1/t12-,13+,14-/m0/s1. The van der Waals surface area contributed by atoms with E-state index < -0.39 is 5.82 Å². The van der Waals surface area contributed by atoms with Crippen molar-refractivity contribution in [3.8, 4) is 0 Å². The Kier molecular flexibility index (Phi) is 6.22. The number of hydrogen-bond acceptors (Lipinski definition) is 2. The van der Waals surface area contributed by atoms with E-state index in [1.54, 1.807) is 11.0 Å². The molecule has 1 aromatic rings. The van der Waals surface area contributed by atoms with Gasteiger partial charge < -0.3 is 20.4 Å². The molecule has 3 N–H and O–H groups in total. The van der Waals surface area contributed by atoms with Gasteiger partial charge >= 0.3 is 6.03 Å². The number of benzene rings is 1. The Hall–Kier alpha value is -1.86. The molecule has 0 aliphatic carbocycles. The third-order valence-electron chi connectivity index (χ3n) is 5.19. The van der Waals surface area contributed by atoms with E-state index in [-0.39, 0.29) is 22.9 Å².